The Morgan fingerprint density at radius 2 is 2.20 bits per heavy atom. The van der Waals surface area contributed by atoms with Gasteiger partial charge in [0.1, 0.15) is 17.1 Å². The number of nitrogens with zero attached hydrogens (tertiary/aromatic N) is 4. The molecule has 0 radical (unpaired) electrons. The number of rotatable bonds is 4. The maximum absolute atomic E-state index is 12.3. The predicted molar refractivity (Wildman–Crippen MR) is 88.0 cm³/mol. The second-order valence-electron chi connectivity index (χ2n) is 5.20. The van der Waals surface area contributed by atoms with Crippen LogP contribution in [0.1, 0.15) is 12.7 Å². The highest BCUT2D eigenvalue weighted by Gasteiger charge is 2.54. The number of nitrogens with two attached hydrogens (primary N) is 1. The van der Waals surface area contributed by atoms with E-state index in [0.717, 1.165) is 16.4 Å². The van der Waals surface area contributed by atoms with Gasteiger partial charge in [0.25, 0.3) is 11.8 Å². The van der Waals surface area contributed by atoms with Gasteiger partial charge in [-0.1, -0.05) is 5.16 Å². The summed E-state index contributed by atoms with van der Waals surface area (Å²) in [6.45, 7) is 1.64. The molecule has 2 atom stereocenters. The summed E-state index contributed by atoms with van der Waals surface area (Å²) in [4.78, 5) is 40.8. The van der Waals surface area contributed by atoms with Gasteiger partial charge < -0.3 is 21.4 Å². The lowest BCUT2D eigenvalue weighted by Crippen LogP contribution is -2.71. The minimum atomic E-state index is -1.19. The van der Waals surface area contributed by atoms with Gasteiger partial charge >= 0.3 is 5.97 Å². The SMILES string of the molecule is CC1=C(C(=O)O)N2C(=O)[C@@H](NC(=O)/C(=N\O)c3nsc(N)n3)C2SC1. The number of hydrogen-bond acceptors (Lipinski definition) is 10. The number of oxime groups is 1. The fourth-order valence-corrected chi connectivity index (χ4v) is 4.24. The number of β-lactam (4-membered cyclic amide) rings is 1. The predicted octanol–water partition coefficient (Wildman–Crippen LogP) is -0.943. The van der Waals surface area contributed by atoms with E-state index in [9.17, 15) is 19.5 Å². The Hall–Kier alpha value is -2.67. The highest BCUT2D eigenvalue weighted by atomic mass is 32.2. The number of nitrogens with one attached hydrogen (secondary N) is 1. The number of carbonyl (C=O) groups excluding carboxylic acids is 2. The van der Waals surface area contributed by atoms with E-state index in [0.29, 0.717) is 11.3 Å². The van der Waals surface area contributed by atoms with E-state index in [1.165, 1.54) is 11.8 Å². The van der Waals surface area contributed by atoms with Crippen molar-refractivity contribution in [3.63, 3.8) is 0 Å². The van der Waals surface area contributed by atoms with Crippen molar-refractivity contribution in [2.24, 2.45) is 5.16 Å². The van der Waals surface area contributed by atoms with Gasteiger partial charge in [-0.25, -0.2) is 4.79 Å². The van der Waals surface area contributed by atoms with E-state index in [4.69, 9.17) is 10.9 Å². The molecule has 1 aromatic rings. The molecular formula is C12H12N6O5S2. The molecule has 11 nitrogen and oxygen atoms in total. The molecule has 25 heavy (non-hydrogen) atoms. The summed E-state index contributed by atoms with van der Waals surface area (Å²) < 4.78 is 3.77. The van der Waals surface area contributed by atoms with Gasteiger partial charge in [-0.15, -0.1) is 11.8 Å². The third-order valence-corrected chi connectivity index (χ3v) is 5.58. The molecule has 1 aromatic heterocycles. The Morgan fingerprint density at radius 1 is 1.48 bits per heavy atom. The Labute approximate surface area is 148 Å². The smallest absolute Gasteiger partial charge is 0.352 e. The molecule has 1 unspecified atom stereocenters. The van der Waals surface area contributed by atoms with Crippen molar-refractivity contribution in [3.8, 4) is 0 Å². The van der Waals surface area contributed by atoms with Gasteiger partial charge in [0.15, 0.2) is 5.13 Å². The van der Waals surface area contributed by atoms with Gasteiger partial charge in [0.05, 0.1) is 0 Å². The molecule has 5 N–H and O–H groups in total. The van der Waals surface area contributed by atoms with Crippen molar-refractivity contribution in [3.05, 3.63) is 17.1 Å². The number of fused-ring (bicyclic) bond motifs is 1. The molecule has 0 bridgehead atoms. The summed E-state index contributed by atoms with van der Waals surface area (Å²) in [5, 5.41) is 23.1. The minimum Gasteiger partial charge on any atom is -0.477 e. The van der Waals surface area contributed by atoms with E-state index in [2.05, 4.69) is 19.8 Å². The number of thioether (sulfide) groups is 1. The van der Waals surface area contributed by atoms with Crippen molar-refractivity contribution in [2.75, 3.05) is 11.5 Å². The van der Waals surface area contributed by atoms with Crippen molar-refractivity contribution >= 4 is 51.9 Å². The van der Waals surface area contributed by atoms with Gasteiger partial charge in [-0.2, -0.15) is 9.36 Å². The molecule has 2 amide bonds. The molecule has 2 aliphatic rings. The topological polar surface area (TPSA) is 171 Å². The van der Waals surface area contributed by atoms with Crippen molar-refractivity contribution < 1.29 is 24.7 Å². The zero-order valence-corrected chi connectivity index (χ0v) is 14.3. The van der Waals surface area contributed by atoms with Crippen LogP contribution in [-0.4, -0.2) is 65.2 Å². The molecule has 13 heteroatoms. The number of aliphatic carboxylic acids is 1. The third kappa shape index (κ3) is 2.80. The molecule has 0 spiro atoms. The van der Waals surface area contributed by atoms with Crippen LogP contribution in [0.25, 0.3) is 0 Å². The van der Waals surface area contributed by atoms with Crippen molar-refractivity contribution in [2.45, 2.75) is 18.3 Å². The Bertz CT molecular complexity index is 834. The van der Waals surface area contributed by atoms with E-state index in [-0.39, 0.29) is 16.7 Å². The zero-order valence-electron chi connectivity index (χ0n) is 12.7. The maximum atomic E-state index is 12.3. The number of amides is 2. The number of nitrogen functional groups attached to an aromatic ring is 1. The molecule has 0 aliphatic carbocycles. The molecule has 2 aliphatic heterocycles. The summed E-state index contributed by atoms with van der Waals surface area (Å²) in [6.07, 6.45) is 0. The second kappa shape index (κ2) is 6.33. The fourth-order valence-electron chi connectivity index (χ4n) is 2.51. The minimum absolute atomic E-state index is 0.0655. The van der Waals surface area contributed by atoms with Gasteiger partial charge in [-0.05, 0) is 12.5 Å². The average Bonchev–Trinajstić information content (AvgIpc) is 2.98. The van der Waals surface area contributed by atoms with Crippen molar-refractivity contribution in [1.82, 2.24) is 19.6 Å². The van der Waals surface area contributed by atoms with Crippen LogP contribution in [0, 0.1) is 0 Å². The Balaban J connectivity index is 1.76. The highest BCUT2D eigenvalue weighted by molar-refractivity contribution is 8.00. The summed E-state index contributed by atoms with van der Waals surface area (Å²) in [5.41, 5.74) is 5.46. The van der Waals surface area contributed by atoms with Crippen LogP contribution in [0.2, 0.25) is 0 Å². The van der Waals surface area contributed by atoms with E-state index < -0.39 is 34.9 Å². The lowest BCUT2D eigenvalue weighted by molar-refractivity contribution is -0.150. The monoisotopic (exact) mass is 384 g/mol. The quantitative estimate of drug-likeness (QED) is 0.221. The molecular weight excluding hydrogens is 372 g/mol. The summed E-state index contributed by atoms with van der Waals surface area (Å²) in [5.74, 6) is -2.34. The largest absolute Gasteiger partial charge is 0.477 e. The van der Waals surface area contributed by atoms with Gasteiger partial charge in [0.2, 0.25) is 11.5 Å². The highest BCUT2D eigenvalue weighted by Crippen LogP contribution is 2.40. The Morgan fingerprint density at radius 3 is 2.76 bits per heavy atom. The van der Waals surface area contributed by atoms with E-state index >= 15 is 0 Å². The van der Waals surface area contributed by atoms with Crippen LogP contribution in [-0.2, 0) is 14.4 Å². The molecule has 3 heterocycles. The summed E-state index contributed by atoms with van der Waals surface area (Å²) in [7, 11) is 0. The molecule has 3 rings (SSSR count). The first-order chi connectivity index (χ1) is 11.8. The van der Waals surface area contributed by atoms with Crippen LogP contribution in [0.4, 0.5) is 5.13 Å². The van der Waals surface area contributed by atoms with Crippen LogP contribution < -0.4 is 11.1 Å². The first-order valence-electron chi connectivity index (χ1n) is 6.85. The lowest BCUT2D eigenvalue weighted by Gasteiger charge is -2.49. The lowest BCUT2D eigenvalue weighted by atomic mass is 10.0. The van der Waals surface area contributed by atoms with Gasteiger partial charge in [-0.3, -0.25) is 14.5 Å². The van der Waals surface area contributed by atoms with Gasteiger partial charge in [0, 0.05) is 17.3 Å². The average molecular weight is 384 g/mol. The van der Waals surface area contributed by atoms with Crippen molar-refractivity contribution in [1.29, 1.82) is 0 Å². The van der Waals surface area contributed by atoms with Crippen LogP contribution in [0.15, 0.2) is 16.4 Å². The molecule has 132 valence electrons. The molecule has 0 saturated carbocycles. The van der Waals surface area contributed by atoms with Crippen LogP contribution >= 0.6 is 23.3 Å². The number of carboxylic acid groups (broad SMARTS) is 1. The first kappa shape index (κ1) is 17.2. The molecule has 1 saturated heterocycles. The Kier molecular flexibility index (Phi) is 4.34. The fraction of sp³-hybridized carbons (Fsp3) is 0.333. The normalized spacial score (nSPS) is 23.2. The van der Waals surface area contributed by atoms with Crippen LogP contribution in [0.5, 0.6) is 0 Å². The number of hydrogen-bond donors (Lipinski definition) is 4. The number of carboxylic acids is 1. The standard InChI is InChI=1S/C12H12N6O5S2/c1-3-2-24-10-5(9(20)18(10)6(3)11(21)22)14-8(19)4(16-23)7-15-12(13)25-17-7/h5,10,23H,2H2,1H3,(H,14,19)(H,21,22)(H2,13,15,17)/b16-4-/t5-,10?/m1/s1. The summed E-state index contributed by atoms with van der Waals surface area (Å²) >= 11 is 2.15. The number of anilines is 1. The van der Waals surface area contributed by atoms with Crippen LogP contribution in [0.3, 0.4) is 0 Å². The van der Waals surface area contributed by atoms with E-state index in [1.54, 1.807) is 6.92 Å². The first-order valence-corrected chi connectivity index (χ1v) is 8.67. The number of aromatic nitrogens is 2. The zero-order chi connectivity index (χ0) is 18.3. The molecule has 1 fully saturated rings. The second-order valence-corrected chi connectivity index (χ2v) is 7.09. The maximum Gasteiger partial charge on any atom is 0.352 e. The third-order valence-electron chi connectivity index (χ3n) is 3.62. The summed E-state index contributed by atoms with van der Waals surface area (Å²) in [6, 6.07) is -0.937. The molecule has 0 aromatic carbocycles. The van der Waals surface area contributed by atoms with E-state index in [1.807, 2.05) is 0 Å². The number of carbonyl (C=O) groups is 3.